The van der Waals surface area contributed by atoms with Crippen molar-refractivity contribution in [1.82, 2.24) is 0 Å². The Morgan fingerprint density at radius 3 is 2.26 bits per heavy atom. The van der Waals surface area contributed by atoms with E-state index in [1.165, 1.54) is 75.6 Å². The van der Waals surface area contributed by atoms with Crippen LogP contribution in [0.1, 0.15) is 69.8 Å². The van der Waals surface area contributed by atoms with Crippen molar-refractivity contribution in [3.05, 3.63) is 35.4 Å². The average molecular weight is 337 g/mol. The van der Waals surface area contributed by atoms with Gasteiger partial charge < -0.3 is 0 Å². The first kappa shape index (κ1) is 17.1. The fraction of sp³-hybridized carbons (Fsp3) is 0.700. The van der Waals surface area contributed by atoms with Gasteiger partial charge in [-0.25, -0.2) is 8.78 Å². The van der Waals surface area contributed by atoms with Crippen LogP contribution in [-0.4, -0.2) is 8.80 Å². The second-order valence-corrected chi connectivity index (χ2v) is 11.5. The summed E-state index contributed by atoms with van der Waals surface area (Å²) in [4.78, 5) is 0. The highest BCUT2D eigenvalue weighted by Crippen LogP contribution is 2.43. The summed E-state index contributed by atoms with van der Waals surface area (Å²) in [5.74, 6) is 0.0609. The van der Waals surface area contributed by atoms with Crippen molar-refractivity contribution < 1.29 is 8.78 Å². The molecule has 0 N–H and O–H groups in total. The normalized spacial score (nSPS) is 32.0. The Kier molecular flexibility index (Phi) is 5.89. The fourth-order valence-corrected chi connectivity index (χ4v) is 9.27. The summed E-state index contributed by atoms with van der Waals surface area (Å²) in [7, 11) is -0.607. The molecule has 0 radical (unpaired) electrons. The lowest BCUT2D eigenvalue weighted by molar-refractivity contribution is 0.332. The van der Waals surface area contributed by atoms with E-state index in [0.717, 1.165) is 17.0 Å². The van der Waals surface area contributed by atoms with Gasteiger partial charge in [0.2, 0.25) is 0 Å². The Morgan fingerprint density at radius 2 is 1.65 bits per heavy atom. The van der Waals surface area contributed by atoms with E-state index < -0.39 is 20.4 Å². The van der Waals surface area contributed by atoms with Crippen LogP contribution in [0, 0.1) is 17.6 Å². The fourth-order valence-electron chi connectivity index (χ4n) is 5.05. The van der Waals surface area contributed by atoms with Crippen LogP contribution in [0.25, 0.3) is 0 Å². The quantitative estimate of drug-likeness (QED) is 0.556. The van der Waals surface area contributed by atoms with Crippen molar-refractivity contribution in [3.8, 4) is 0 Å². The van der Waals surface area contributed by atoms with Gasteiger partial charge in [0.25, 0.3) is 0 Å². The van der Waals surface area contributed by atoms with Crippen molar-refractivity contribution in [2.75, 3.05) is 0 Å². The molecule has 1 aliphatic carbocycles. The number of hydrogen-bond acceptors (Lipinski definition) is 0. The molecule has 0 atom stereocenters. The van der Waals surface area contributed by atoms with Crippen molar-refractivity contribution in [1.29, 1.82) is 0 Å². The zero-order valence-corrected chi connectivity index (χ0v) is 15.5. The molecule has 0 aromatic heterocycles. The third-order valence-electron chi connectivity index (χ3n) is 6.44. The van der Waals surface area contributed by atoms with E-state index in [0.29, 0.717) is 5.92 Å². The van der Waals surface area contributed by atoms with Crippen molar-refractivity contribution in [2.24, 2.45) is 5.92 Å². The minimum Gasteiger partial charge on any atom is -0.204 e. The van der Waals surface area contributed by atoms with Gasteiger partial charge in [0.1, 0.15) is 0 Å². The lowest BCUT2D eigenvalue weighted by Gasteiger charge is -2.37. The molecule has 1 aromatic carbocycles. The van der Waals surface area contributed by atoms with E-state index in [-0.39, 0.29) is 0 Å². The van der Waals surface area contributed by atoms with Gasteiger partial charge in [0.15, 0.2) is 11.6 Å². The van der Waals surface area contributed by atoms with Gasteiger partial charge >= 0.3 is 0 Å². The predicted molar refractivity (Wildman–Crippen MR) is 95.7 cm³/mol. The number of rotatable bonds is 4. The molecule has 0 amide bonds. The first-order valence-corrected chi connectivity index (χ1v) is 11.9. The second-order valence-electron chi connectivity index (χ2n) is 7.85. The maximum Gasteiger partial charge on any atom is 0.159 e. The van der Waals surface area contributed by atoms with Crippen LogP contribution in [0.4, 0.5) is 8.78 Å². The summed E-state index contributed by atoms with van der Waals surface area (Å²) in [6.07, 6.45) is 11.1. The van der Waals surface area contributed by atoms with E-state index in [1.54, 1.807) is 6.07 Å². The Labute approximate surface area is 141 Å². The largest absolute Gasteiger partial charge is 0.204 e. The van der Waals surface area contributed by atoms with E-state index in [9.17, 15) is 8.78 Å². The van der Waals surface area contributed by atoms with Crippen molar-refractivity contribution in [2.45, 2.75) is 81.8 Å². The third-order valence-corrected chi connectivity index (χ3v) is 10.6. The summed E-state index contributed by atoms with van der Waals surface area (Å²) in [5.41, 5.74) is 2.08. The van der Waals surface area contributed by atoms with Crippen LogP contribution in [-0.2, 0) is 0 Å². The highest BCUT2D eigenvalue weighted by Gasteiger charge is 2.32. The lowest BCUT2D eigenvalue weighted by atomic mass is 9.86. The summed E-state index contributed by atoms with van der Waals surface area (Å²) < 4.78 is 26.5. The van der Waals surface area contributed by atoms with Crippen molar-refractivity contribution >= 4 is 8.80 Å². The summed E-state index contributed by atoms with van der Waals surface area (Å²) in [5, 5.41) is 0. The van der Waals surface area contributed by atoms with Gasteiger partial charge in [-0.05, 0) is 47.9 Å². The summed E-state index contributed by atoms with van der Waals surface area (Å²) in [6.45, 7) is 2.31. The van der Waals surface area contributed by atoms with Crippen LogP contribution in [0.15, 0.2) is 18.2 Å². The third kappa shape index (κ3) is 4.23. The molecule has 1 saturated heterocycles. The smallest absolute Gasteiger partial charge is 0.159 e. The van der Waals surface area contributed by atoms with E-state index in [1.807, 2.05) is 0 Å². The topological polar surface area (TPSA) is 0 Å². The predicted octanol–water partition coefficient (Wildman–Crippen LogP) is 6.43. The molecule has 2 aliphatic rings. The van der Waals surface area contributed by atoms with Crippen LogP contribution in [0.3, 0.4) is 0 Å². The summed E-state index contributed by atoms with van der Waals surface area (Å²) >= 11 is 0. The van der Waals surface area contributed by atoms with Gasteiger partial charge in [-0.3, -0.25) is 0 Å². The monoisotopic (exact) mass is 336 g/mol. The minimum absolute atomic E-state index is 0.463. The van der Waals surface area contributed by atoms with E-state index in [4.69, 9.17) is 0 Å². The molecular weight excluding hydrogens is 306 g/mol. The highest BCUT2D eigenvalue weighted by molar-refractivity contribution is 6.60. The molecule has 1 aliphatic heterocycles. The Hall–Kier alpha value is -0.703. The molecule has 1 aromatic rings. The zero-order chi connectivity index (χ0) is 16.2. The summed E-state index contributed by atoms with van der Waals surface area (Å²) in [6, 6.07) is 7.33. The van der Waals surface area contributed by atoms with Gasteiger partial charge in [-0.1, -0.05) is 63.6 Å². The van der Waals surface area contributed by atoms with E-state index >= 15 is 0 Å². The first-order valence-electron chi connectivity index (χ1n) is 9.62. The van der Waals surface area contributed by atoms with Crippen LogP contribution >= 0.6 is 0 Å². The van der Waals surface area contributed by atoms with Gasteiger partial charge in [0, 0.05) is 8.80 Å². The molecule has 128 valence electrons. The van der Waals surface area contributed by atoms with Crippen LogP contribution < -0.4 is 0 Å². The van der Waals surface area contributed by atoms with Crippen LogP contribution in [0.2, 0.25) is 17.6 Å². The average Bonchev–Trinajstić information content (AvgIpc) is 2.59. The Balaban J connectivity index is 1.50. The minimum atomic E-state index is -0.722. The molecule has 3 rings (SSSR count). The van der Waals surface area contributed by atoms with Gasteiger partial charge in [-0.15, -0.1) is 0 Å². The molecule has 0 nitrogen and oxygen atoms in total. The molecular formula is C20H30F2Si. The van der Waals surface area contributed by atoms with Gasteiger partial charge in [0.05, 0.1) is 0 Å². The first-order chi connectivity index (χ1) is 11.2. The van der Waals surface area contributed by atoms with Gasteiger partial charge in [-0.2, -0.15) is 0 Å². The standard InChI is InChI=1S/C20H30F2Si/c1-2-3-15-4-7-18(8-5-15)23-12-10-16(11-13-23)17-6-9-19(21)20(22)14-17/h6,9,14-16,18,23H,2-5,7-8,10-13H2,1H3. The number of hydrogen-bond donors (Lipinski definition) is 0. The Morgan fingerprint density at radius 1 is 0.957 bits per heavy atom. The number of halogens is 2. The Bertz CT molecular complexity index is 500. The maximum atomic E-state index is 13.4. The molecule has 0 spiro atoms. The van der Waals surface area contributed by atoms with Crippen molar-refractivity contribution in [3.63, 3.8) is 0 Å². The molecule has 0 unspecified atom stereocenters. The van der Waals surface area contributed by atoms with E-state index in [2.05, 4.69) is 6.92 Å². The molecule has 0 bridgehead atoms. The SMILES string of the molecule is CCCC1CCC([SiH]2CCC(c3ccc(F)c(F)c3)CC2)CC1. The molecule has 2 fully saturated rings. The zero-order valence-electron chi connectivity index (χ0n) is 14.4. The van der Waals surface area contributed by atoms with Crippen LogP contribution in [0.5, 0.6) is 0 Å². The second kappa shape index (κ2) is 7.91. The molecule has 1 heterocycles. The number of benzene rings is 1. The maximum absolute atomic E-state index is 13.4. The molecule has 23 heavy (non-hydrogen) atoms. The molecule has 1 saturated carbocycles. The lowest BCUT2D eigenvalue weighted by Crippen LogP contribution is -2.29. The highest BCUT2D eigenvalue weighted by atomic mass is 28.3. The molecule has 3 heteroatoms.